The van der Waals surface area contributed by atoms with E-state index in [0.717, 1.165) is 50.0 Å². The summed E-state index contributed by atoms with van der Waals surface area (Å²) in [5.41, 5.74) is 3.21. The van der Waals surface area contributed by atoms with Crippen molar-refractivity contribution in [1.29, 1.82) is 0 Å². The minimum absolute atomic E-state index is 0.154. The number of aromatic amines is 1. The lowest BCUT2D eigenvalue weighted by Crippen LogP contribution is -2.31. The average molecular weight is 379 g/mol. The number of hydrogen-bond donors (Lipinski definition) is 1. The SMILES string of the molecule is COc1ccc2c(c1)CCN(CCCCOc1ccc3ccc(=O)[nH]c3n1)C2. The normalized spacial score (nSPS) is 14.0. The van der Waals surface area contributed by atoms with Gasteiger partial charge in [0.25, 0.3) is 0 Å². The van der Waals surface area contributed by atoms with Crippen molar-refractivity contribution < 1.29 is 9.47 Å². The van der Waals surface area contributed by atoms with Crippen LogP contribution in [-0.4, -0.2) is 41.7 Å². The number of rotatable bonds is 7. The van der Waals surface area contributed by atoms with Crippen molar-refractivity contribution in [2.45, 2.75) is 25.8 Å². The van der Waals surface area contributed by atoms with Crippen molar-refractivity contribution in [1.82, 2.24) is 14.9 Å². The van der Waals surface area contributed by atoms with Crippen LogP contribution in [0.1, 0.15) is 24.0 Å². The standard InChI is InChI=1S/C22H25N3O3/c1-27-19-7-4-18-15-25(12-10-17(18)14-19)11-2-3-13-28-21-9-6-16-5-8-20(26)23-22(16)24-21/h4-9,14H,2-3,10-13,15H2,1H3,(H,23,24,26). The van der Waals surface area contributed by atoms with Gasteiger partial charge < -0.3 is 14.5 Å². The third kappa shape index (κ3) is 4.34. The van der Waals surface area contributed by atoms with E-state index in [9.17, 15) is 4.79 Å². The van der Waals surface area contributed by atoms with Gasteiger partial charge in [0, 0.05) is 30.6 Å². The van der Waals surface area contributed by atoms with E-state index in [4.69, 9.17) is 9.47 Å². The zero-order chi connectivity index (χ0) is 19.3. The van der Waals surface area contributed by atoms with Crippen LogP contribution in [0.4, 0.5) is 0 Å². The lowest BCUT2D eigenvalue weighted by molar-refractivity contribution is 0.233. The number of benzene rings is 1. The molecule has 0 aliphatic carbocycles. The molecule has 0 atom stereocenters. The molecule has 3 heterocycles. The van der Waals surface area contributed by atoms with Crippen molar-refractivity contribution in [3.8, 4) is 11.6 Å². The highest BCUT2D eigenvalue weighted by molar-refractivity contribution is 5.74. The van der Waals surface area contributed by atoms with E-state index in [0.29, 0.717) is 18.1 Å². The molecule has 3 aromatic rings. The third-order valence-electron chi connectivity index (χ3n) is 5.18. The van der Waals surface area contributed by atoms with E-state index < -0.39 is 0 Å². The van der Waals surface area contributed by atoms with Gasteiger partial charge in [-0.1, -0.05) is 6.07 Å². The van der Waals surface area contributed by atoms with Gasteiger partial charge in [-0.15, -0.1) is 0 Å². The third-order valence-corrected chi connectivity index (χ3v) is 5.18. The van der Waals surface area contributed by atoms with Gasteiger partial charge in [0.1, 0.15) is 11.4 Å². The van der Waals surface area contributed by atoms with Crippen LogP contribution in [0.15, 0.2) is 47.3 Å². The molecule has 1 N–H and O–H groups in total. The second-order valence-electron chi connectivity index (χ2n) is 7.13. The van der Waals surface area contributed by atoms with E-state index in [1.807, 2.05) is 18.2 Å². The first-order valence-electron chi connectivity index (χ1n) is 9.72. The number of aromatic nitrogens is 2. The van der Waals surface area contributed by atoms with Gasteiger partial charge in [0.15, 0.2) is 0 Å². The van der Waals surface area contributed by atoms with Crippen LogP contribution < -0.4 is 15.0 Å². The second-order valence-corrected chi connectivity index (χ2v) is 7.13. The predicted octanol–water partition coefficient (Wildman–Crippen LogP) is 3.15. The number of hydrogen-bond acceptors (Lipinski definition) is 5. The first kappa shape index (κ1) is 18.5. The minimum atomic E-state index is -0.154. The number of ether oxygens (including phenoxy) is 2. The summed E-state index contributed by atoms with van der Waals surface area (Å²) < 4.78 is 11.1. The highest BCUT2D eigenvalue weighted by Gasteiger charge is 2.16. The molecule has 1 aliphatic heterocycles. The topological polar surface area (TPSA) is 67.5 Å². The molecule has 0 saturated heterocycles. The number of unbranched alkanes of at least 4 members (excludes halogenated alkanes) is 1. The van der Waals surface area contributed by atoms with Gasteiger partial charge in [-0.25, -0.2) is 0 Å². The van der Waals surface area contributed by atoms with Crippen LogP contribution in [0.2, 0.25) is 0 Å². The number of pyridine rings is 2. The number of fused-ring (bicyclic) bond motifs is 2. The Labute approximate surface area is 164 Å². The molecular formula is C22H25N3O3. The molecule has 0 fully saturated rings. The maximum atomic E-state index is 11.4. The predicted molar refractivity (Wildman–Crippen MR) is 109 cm³/mol. The maximum absolute atomic E-state index is 11.4. The molecule has 0 unspecified atom stereocenters. The number of H-pyrrole nitrogens is 1. The summed E-state index contributed by atoms with van der Waals surface area (Å²) in [6, 6.07) is 13.4. The van der Waals surface area contributed by atoms with Crippen molar-refractivity contribution >= 4 is 11.0 Å². The highest BCUT2D eigenvalue weighted by Crippen LogP contribution is 2.23. The van der Waals surface area contributed by atoms with Crippen molar-refractivity contribution in [3.63, 3.8) is 0 Å². The van der Waals surface area contributed by atoms with Crippen LogP contribution in [0.3, 0.4) is 0 Å². The lowest BCUT2D eigenvalue weighted by atomic mass is 9.99. The molecule has 146 valence electrons. The van der Waals surface area contributed by atoms with Crippen LogP contribution in [0, 0.1) is 0 Å². The summed E-state index contributed by atoms with van der Waals surface area (Å²) in [6.07, 6.45) is 3.12. The zero-order valence-corrected chi connectivity index (χ0v) is 16.1. The Morgan fingerprint density at radius 3 is 2.89 bits per heavy atom. The molecule has 0 bridgehead atoms. The van der Waals surface area contributed by atoms with E-state index in [1.165, 1.54) is 17.2 Å². The largest absolute Gasteiger partial charge is 0.497 e. The molecule has 28 heavy (non-hydrogen) atoms. The van der Waals surface area contributed by atoms with E-state index in [2.05, 4.69) is 27.0 Å². The maximum Gasteiger partial charge on any atom is 0.249 e. The van der Waals surface area contributed by atoms with Gasteiger partial charge in [0.05, 0.1) is 13.7 Å². The quantitative estimate of drug-likeness (QED) is 0.639. The lowest BCUT2D eigenvalue weighted by Gasteiger charge is -2.29. The molecule has 1 aromatic carbocycles. The molecule has 4 rings (SSSR count). The average Bonchev–Trinajstić information content (AvgIpc) is 2.72. The summed E-state index contributed by atoms with van der Waals surface area (Å²) in [7, 11) is 1.71. The fourth-order valence-corrected chi connectivity index (χ4v) is 3.61. The Kier molecular flexibility index (Phi) is 5.58. The zero-order valence-electron chi connectivity index (χ0n) is 16.1. The molecular weight excluding hydrogens is 354 g/mol. The first-order chi connectivity index (χ1) is 13.7. The first-order valence-corrected chi connectivity index (χ1v) is 9.72. The Balaban J connectivity index is 1.22. The minimum Gasteiger partial charge on any atom is -0.497 e. The van der Waals surface area contributed by atoms with E-state index in [1.54, 1.807) is 13.2 Å². The van der Waals surface area contributed by atoms with E-state index >= 15 is 0 Å². The fourth-order valence-electron chi connectivity index (χ4n) is 3.61. The van der Waals surface area contributed by atoms with Crippen molar-refractivity contribution in [2.24, 2.45) is 0 Å². The van der Waals surface area contributed by atoms with Crippen molar-refractivity contribution in [2.75, 3.05) is 26.8 Å². The summed E-state index contributed by atoms with van der Waals surface area (Å²) in [6.45, 7) is 3.77. The summed E-state index contributed by atoms with van der Waals surface area (Å²) in [4.78, 5) is 21.0. The van der Waals surface area contributed by atoms with E-state index in [-0.39, 0.29) is 5.56 Å². The van der Waals surface area contributed by atoms with Gasteiger partial charge in [0.2, 0.25) is 11.4 Å². The van der Waals surface area contributed by atoms with Gasteiger partial charge in [-0.05, 0) is 61.2 Å². The van der Waals surface area contributed by atoms with Crippen LogP contribution in [0.5, 0.6) is 11.6 Å². The number of nitrogens with one attached hydrogen (secondary N) is 1. The Morgan fingerprint density at radius 1 is 1.11 bits per heavy atom. The van der Waals surface area contributed by atoms with Crippen molar-refractivity contribution in [3.05, 3.63) is 63.9 Å². The molecule has 6 nitrogen and oxygen atoms in total. The molecule has 0 amide bonds. The molecule has 1 aliphatic rings. The van der Waals surface area contributed by atoms with Crippen LogP contribution in [0.25, 0.3) is 11.0 Å². The highest BCUT2D eigenvalue weighted by atomic mass is 16.5. The van der Waals surface area contributed by atoms with Gasteiger partial charge in [-0.3, -0.25) is 9.69 Å². The van der Waals surface area contributed by atoms with Gasteiger partial charge in [-0.2, -0.15) is 4.98 Å². The van der Waals surface area contributed by atoms with Gasteiger partial charge >= 0.3 is 0 Å². The number of nitrogens with zero attached hydrogens (tertiary/aromatic N) is 2. The second kappa shape index (κ2) is 8.44. The molecule has 6 heteroatoms. The molecule has 0 spiro atoms. The smallest absolute Gasteiger partial charge is 0.249 e. The molecule has 0 radical (unpaired) electrons. The Hall–Kier alpha value is -2.86. The number of methoxy groups -OCH3 is 1. The van der Waals surface area contributed by atoms with Crippen LogP contribution in [-0.2, 0) is 13.0 Å². The molecule has 0 saturated carbocycles. The Bertz CT molecular complexity index is 1020. The van der Waals surface area contributed by atoms with Crippen LogP contribution >= 0.6 is 0 Å². The summed E-state index contributed by atoms with van der Waals surface area (Å²) in [5, 5.41) is 0.898. The monoisotopic (exact) mass is 379 g/mol. The Morgan fingerprint density at radius 2 is 2.00 bits per heavy atom. The molecule has 2 aromatic heterocycles. The fraction of sp³-hybridized carbons (Fsp3) is 0.364. The summed E-state index contributed by atoms with van der Waals surface area (Å²) >= 11 is 0. The summed E-state index contributed by atoms with van der Waals surface area (Å²) in [5.74, 6) is 1.49.